The molecule has 2 aromatic rings. The Morgan fingerprint density at radius 2 is 2.00 bits per heavy atom. The van der Waals surface area contributed by atoms with E-state index in [0.29, 0.717) is 22.8 Å². The molecule has 27 heavy (non-hydrogen) atoms. The standard InChI is InChI=1S/C18H18N4O5/c1-10-17(23)20-14-8-11(4-7-16(14)27-10)19-18(24)13-9-12(22(25)26)5-6-15(13)21(2)3/h4-10H,1-3H3,(H,19,24)(H,20,23)/t10-/m1/s1. The van der Waals surface area contributed by atoms with Crippen LogP contribution >= 0.6 is 0 Å². The molecule has 0 unspecified atom stereocenters. The van der Waals surface area contributed by atoms with E-state index in [2.05, 4.69) is 10.6 Å². The zero-order valence-corrected chi connectivity index (χ0v) is 15.0. The van der Waals surface area contributed by atoms with Crippen molar-refractivity contribution in [1.29, 1.82) is 0 Å². The quantitative estimate of drug-likeness (QED) is 0.632. The van der Waals surface area contributed by atoms with Crippen molar-refractivity contribution in [3.63, 3.8) is 0 Å². The number of hydrogen-bond acceptors (Lipinski definition) is 6. The Balaban J connectivity index is 1.90. The highest BCUT2D eigenvalue weighted by Gasteiger charge is 2.24. The zero-order valence-electron chi connectivity index (χ0n) is 15.0. The van der Waals surface area contributed by atoms with Gasteiger partial charge in [0.1, 0.15) is 5.75 Å². The first-order valence-electron chi connectivity index (χ1n) is 8.15. The van der Waals surface area contributed by atoms with Crippen LogP contribution < -0.4 is 20.3 Å². The molecule has 9 nitrogen and oxygen atoms in total. The maximum atomic E-state index is 12.7. The van der Waals surface area contributed by atoms with Gasteiger partial charge in [0.15, 0.2) is 6.10 Å². The summed E-state index contributed by atoms with van der Waals surface area (Å²) >= 11 is 0. The second-order valence-corrected chi connectivity index (χ2v) is 6.27. The number of rotatable bonds is 4. The van der Waals surface area contributed by atoms with Crippen molar-refractivity contribution in [2.45, 2.75) is 13.0 Å². The summed E-state index contributed by atoms with van der Waals surface area (Å²) in [7, 11) is 3.48. The van der Waals surface area contributed by atoms with Gasteiger partial charge in [-0.3, -0.25) is 19.7 Å². The highest BCUT2D eigenvalue weighted by molar-refractivity contribution is 6.09. The first-order valence-corrected chi connectivity index (χ1v) is 8.15. The number of ether oxygens (including phenoxy) is 1. The summed E-state index contributed by atoms with van der Waals surface area (Å²) in [6.45, 7) is 1.64. The first kappa shape index (κ1) is 18.2. The van der Waals surface area contributed by atoms with Crippen molar-refractivity contribution in [1.82, 2.24) is 0 Å². The van der Waals surface area contributed by atoms with E-state index in [0.717, 1.165) is 0 Å². The lowest BCUT2D eigenvalue weighted by atomic mass is 10.1. The zero-order chi connectivity index (χ0) is 19.7. The average molecular weight is 370 g/mol. The number of anilines is 3. The maximum absolute atomic E-state index is 12.7. The minimum Gasteiger partial charge on any atom is -0.479 e. The van der Waals surface area contributed by atoms with Gasteiger partial charge in [-0.1, -0.05) is 0 Å². The molecule has 0 bridgehead atoms. The van der Waals surface area contributed by atoms with Gasteiger partial charge in [-0.05, 0) is 31.2 Å². The predicted octanol–water partition coefficient (Wildman–Crippen LogP) is 2.63. The van der Waals surface area contributed by atoms with Gasteiger partial charge >= 0.3 is 0 Å². The Labute approximate surface area is 155 Å². The number of nitro groups is 1. The van der Waals surface area contributed by atoms with Gasteiger partial charge in [-0.2, -0.15) is 0 Å². The Kier molecular flexibility index (Phi) is 4.68. The molecule has 0 fully saturated rings. The van der Waals surface area contributed by atoms with Gasteiger partial charge in [-0.25, -0.2) is 0 Å². The monoisotopic (exact) mass is 370 g/mol. The number of carbonyl (C=O) groups excluding carboxylic acids is 2. The number of amides is 2. The third-order valence-corrected chi connectivity index (χ3v) is 4.09. The van der Waals surface area contributed by atoms with E-state index in [9.17, 15) is 19.7 Å². The second kappa shape index (κ2) is 6.94. The van der Waals surface area contributed by atoms with E-state index in [1.54, 1.807) is 44.1 Å². The van der Waals surface area contributed by atoms with Gasteiger partial charge in [-0.15, -0.1) is 0 Å². The highest BCUT2D eigenvalue weighted by atomic mass is 16.6. The topological polar surface area (TPSA) is 114 Å². The Hall–Kier alpha value is -3.62. The third-order valence-electron chi connectivity index (χ3n) is 4.09. The molecule has 0 saturated carbocycles. The number of carbonyl (C=O) groups is 2. The molecule has 2 aromatic carbocycles. The molecule has 0 aliphatic carbocycles. The molecular weight excluding hydrogens is 352 g/mol. The van der Waals surface area contributed by atoms with Crippen LogP contribution in [0.2, 0.25) is 0 Å². The number of nitro benzene ring substituents is 1. The van der Waals surface area contributed by atoms with Crippen molar-refractivity contribution in [2.24, 2.45) is 0 Å². The fourth-order valence-corrected chi connectivity index (χ4v) is 2.69. The summed E-state index contributed by atoms with van der Waals surface area (Å²) < 4.78 is 5.47. The number of hydrogen-bond donors (Lipinski definition) is 2. The van der Waals surface area contributed by atoms with E-state index < -0.39 is 16.9 Å². The van der Waals surface area contributed by atoms with Gasteiger partial charge < -0.3 is 20.3 Å². The summed E-state index contributed by atoms with van der Waals surface area (Å²) in [4.78, 5) is 36.6. The minimum atomic E-state index is -0.592. The average Bonchev–Trinajstić information content (AvgIpc) is 2.62. The summed E-state index contributed by atoms with van der Waals surface area (Å²) in [6.07, 6.45) is -0.592. The molecule has 140 valence electrons. The number of nitrogens with zero attached hydrogens (tertiary/aromatic N) is 2. The molecule has 0 spiro atoms. The van der Waals surface area contributed by atoms with Crippen LogP contribution in [0, 0.1) is 10.1 Å². The molecule has 1 heterocycles. The van der Waals surface area contributed by atoms with Crippen LogP contribution in [0.25, 0.3) is 0 Å². The van der Waals surface area contributed by atoms with Crippen LogP contribution in [0.4, 0.5) is 22.7 Å². The third kappa shape index (κ3) is 3.66. The Morgan fingerprint density at radius 3 is 2.67 bits per heavy atom. The lowest BCUT2D eigenvalue weighted by molar-refractivity contribution is -0.384. The summed E-state index contributed by atoms with van der Waals surface area (Å²) in [6, 6.07) is 8.95. The number of benzene rings is 2. The molecule has 1 atom stereocenters. The number of nitrogens with one attached hydrogen (secondary N) is 2. The number of fused-ring (bicyclic) bond motifs is 1. The van der Waals surface area contributed by atoms with Crippen molar-refractivity contribution < 1.29 is 19.2 Å². The Bertz CT molecular complexity index is 941. The van der Waals surface area contributed by atoms with Crippen molar-refractivity contribution in [3.8, 4) is 5.75 Å². The highest BCUT2D eigenvalue weighted by Crippen LogP contribution is 2.33. The lowest BCUT2D eigenvalue weighted by Gasteiger charge is -2.23. The van der Waals surface area contributed by atoms with E-state index in [1.807, 2.05) is 0 Å². The molecule has 0 radical (unpaired) electrons. The molecular formula is C18H18N4O5. The van der Waals surface area contributed by atoms with Crippen molar-refractivity contribution in [3.05, 3.63) is 52.1 Å². The van der Waals surface area contributed by atoms with E-state index in [4.69, 9.17) is 4.74 Å². The first-order chi connectivity index (χ1) is 12.8. The molecule has 1 aliphatic heterocycles. The van der Waals surface area contributed by atoms with Crippen LogP contribution in [-0.2, 0) is 4.79 Å². The summed E-state index contributed by atoms with van der Waals surface area (Å²) in [5.41, 5.74) is 1.41. The SMILES string of the molecule is C[C@H]1Oc2ccc(NC(=O)c3cc([N+](=O)[O-])ccc3N(C)C)cc2NC1=O. The van der Waals surface area contributed by atoms with Gasteiger partial charge in [0, 0.05) is 37.6 Å². The van der Waals surface area contributed by atoms with E-state index in [1.165, 1.54) is 18.2 Å². The van der Waals surface area contributed by atoms with Crippen molar-refractivity contribution >= 4 is 34.6 Å². The van der Waals surface area contributed by atoms with Crippen LogP contribution in [-0.4, -0.2) is 36.9 Å². The van der Waals surface area contributed by atoms with Crippen LogP contribution in [0.15, 0.2) is 36.4 Å². The molecule has 0 aromatic heterocycles. The maximum Gasteiger partial charge on any atom is 0.270 e. The van der Waals surface area contributed by atoms with Crippen LogP contribution in [0.5, 0.6) is 5.75 Å². The van der Waals surface area contributed by atoms with Gasteiger partial charge in [0.25, 0.3) is 17.5 Å². The van der Waals surface area contributed by atoms with Crippen LogP contribution in [0.3, 0.4) is 0 Å². The lowest BCUT2D eigenvalue weighted by Crippen LogP contribution is -2.34. The molecule has 0 saturated heterocycles. The molecule has 3 rings (SSSR count). The Morgan fingerprint density at radius 1 is 1.26 bits per heavy atom. The van der Waals surface area contributed by atoms with Crippen molar-refractivity contribution in [2.75, 3.05) is 29.6 Å². The normalized spacial score (nSPS) is 15.2. The minimum absolute atomic E-state index is 0.167. The molecule has 2 amide bonds. The second-order valence-electron chi connectivity index (χ2n) is 6.27. The fourth-order valence-electron chi connectivity index (χ4n) is 2.69. The largest absolute Gasteiger partial charge is 0.479 e. The molecule has 9 heteroatoms. The van der Waals surface area contributed by atoms with Gasteiger partial charge in [0.2, 0.25) is 0 Å². The molecule has 1 aliphatic rings. The number of non-ortho nitro benzene ring substituents is 1. The van der Waals surface area contributed by atoms with E-state index in [-0.39, 0.29) is 17.2 Å². The smallest absolute Gasteiger partial charge is 0.270 e. The fraction of sp³-hybridized carbons (Fsp3) is 0.222. The predicted molar refractivity (Wildman–Crippen MR) is 101 cm³/mol. The molecule has 2 N–H and O–H groups in total. The summed E-state index contributed by atoms with van der Waals surface area (Å²) in [5.74, 6) is -0.275. The summed E-state index contributed by atoms with van der Waals surface area (Å²) in [5, 5.41) is 16.4. The van der Waals surface area contributed by atoms with Crippen LogP contribution in [0.1, 0.15) is 17.3 Å². The van der Waals surface area contributed by atoms with Gasteiger partial charge in [0.05, 0.1) is 16.2 Å². The van der Waals surface area contributed by atoms with E-state index >= 15 is 0 Å².